The molecule has 2 aromatic rings. The Bertz CT molecular complexity index is 2050. The van der Waals surface area contributed by atoms with Gasteiger partial charge in [-0.25, -0.2) is 27.1 Å². The summed E-state index contributed by atoms with van der Waals surface area (Å²) in [6, 6.07) is 9.02. The summed E-state index contributed by atoms with van der Waals surface area (Å²) in [5, 5.41) is 8.80. The van der Waals surface area contributed by atoms with E-state index in [-0.39, 0.29) is 49.9 Å². The van der Waals surface area contributed by atoms with Crippen molar-refractivity contribution in [3.05, 3.63) is 72.1 Å². The summed E-state index contributed by atoms with van der Waals surface area (Å²) >= 11 is 0. The van der Waals surface area contributed by atoms with E-state index in [2.05, 4.69) is 27.3 Å². The van der Waals surface area contributed by atoms with Crippen LogP contribution in [0.2, 0.25) is 0 Å². The minimum atomic E-state index is -4.41. The summed E-state index contributed by atoms with van der Waals surface area (Å²) in [5.74, 6) is -3.25. The van der Waals surface area contributed by atoms with Gasteiger partial charge in [0.2, 0.25) is 11.8 Å². The highest BCUT2D eigenvalue weighted by Gasteiger charge is 2.61. The SMILES string of the molecule is C=C[C@H]1C[C@]12NC(=O)[C@@H]1C[C@@H](OC(=O)N3Cc4cccc(F)c4C3)CN1C(=O)CC(NC(=O)OC1CCC1)CCCCCCCNc1ccccc1S(=O)(=O)NC2=O. The second-order valence-electron chi connectivity index (χ2n) is 16.0. The quantitative estimate of drug-likeness (QED) is 0.317. The standard InChI is InChI=1S/C41H51FN6O9S/c1-2-27-22-41(27)38(51)46-58(54,55)35-18-8-7-17-33(35)43-19-9-5-3-4-6-13-28(44-39(52)56-29-14-11-15-29)20-36(49)48-24-30(21-34(48)37(50)45-41)57-40(53)47-23-26-12-10-16-32(42)31(26)25-47/h2,7-8,10,12,16-18,27-30,34,43H,1,3-6,9,11,13-15,19-25H2,(H,44,52)(H,45,50)(H,46,51)/t27-,28?,30+,34-,41-/m0/s1. The summed E-state index contributed by atoms with van der Waals surface area (Å²) in [5.41, 5.74) is -0.320. The maximum absolute atomic E-state index is 14.5. The number of fused-ring (bicyclic) bond motifs is 3. The molecule has 5 aliphatic rings. The van der Waals surface area contributed by atoms with Crippen molar-refractivity contribution in [2.45, 2.75) is 125 Å². The average Bonchev–Trinajstić information content (AvgIpc) is 3.46. The van der Waals surface area contributed by atoms with E-state index >= 15 is 0 Å². The summed E-state index contributed by atoms with van der Waals surface area (Å²) in [4.78, 5) is 71.3. The second-order valence-corrected chi connectivity index (χ2v) is 17.6. The third-order valence-electron chi connectivity index (χ3n) is 11.9. The minimum Gasteiger partial charge on any atom is -0.446 e. The van der Waals surface area contributed by atoms with Crippen LogP contribution in [-0.4, -0.2) is 91.0 Å². The van der Waals surface area contributed by atoms with Gasteiger partial charge in [-0.15, -0.1) is 6.58 Å². The normalized spacial score (nSPS) is 27.9. The number of ether oxygens (including phenoxy) is 2. The van der Waals surface area contributed by atoms with Gasteiger partial charge in [-0.2, -0.15) is 0 Å². The van der Waals surface area contributed by atoms with Gasteiger partial charge in [0.15, 0.2) is 0 Å². The molecule has 3 aliphatic heterocycles. The number of benzene rings is 2. The molecular formula is C41H51FN6O9S. The summed E-state index contributed by atoms with van der Waals surface area (Å²) < 4.78 is 55.4. The van der Waals surface area contributed by atoms with E-state index in [9.17, 15) is 36.8 Å². The topological polar surface area (TPSA) is 193 Å². The lowest BCUT2D eigenvalue weighted by Crippen LogP contribution is -2.56. The van der Waals surface area contributed by atoms with Crippen LogP contribution < -0.4 is 20.7 Å². The van der Waals surface area contributed by atoms with Gasteiger partial charge in [-0.05, 0) is 62.3 Å². The molecule has 2 aromatic carbocycles. The van der Waals surface area contributed by atoms with Crippen molar-refractivity contribution in [1.82, 2.24) is 25.2 Å². The van der Waals surface area contributed by atoms with Crippen LogP contribution in [-0.2, 0) is 47.0 Å². The van der Waals surface area contributed by atoms with E-state index in [1.165, 1.54) is 28.0 Å². The average molecular weight is 823 g/mol. The number of hydrogen-bond donors (Lipinski definition) is 4. The van der Waals surface area contributed by atoms with Gasteiger partial charge >= 0.3 is 12.2 Å². The zero-order chi connectivity index (χ0) is 41.0. The lowest BCUT2D eigenvalue weighted by molar-refractivity contribution is -0.140. The Balaban J connectivity index is 1.13. The molecule has 0 radical (unpaired) electrons. The number of rotatable bonds is 4. The first-order valence-electron chi connectivity index (χ1n) is 20.2. The molecule has 15 nitrogen and oxygen atoms in total. The number of nitrogens with one attached hydrogen (secondary N) is 4. The molecule has 0 aromatic heterocycles. The van der Waals surface area contributed by atoms with Crippen LogP contribution in [0.4, 0.5) is 19.7 Å². The Morgan fingerprint density at radius 2 is 1.71 bits per heavy atom. The van der Waals surface area contributed by atoms with Crippen molar-refractivity contribution < 1.29 is 46.3 Å². The van der Waals surface area contributed by atoms with Crippen molar-refractivity contribution in [3.63, 3.8) is 0 Å². The van der Waals surface area contributed by atoms with Crippen molar-refractivity contribution in [1.29, 1.82) is 0 Å². The second kappa shape index (κ2) is 17.3. The van der Waals surface area contributed by atoms with E-state index < -0.39 is 75.4 Å². The lowest BCUT2D eigenvalue weighted by atomic mass is 9.96. The molecule has 4 N–H and O–H groups in total. The molecule has 5 amide bonds. The van der Waals surface area contributed by atoms with E-state index in [1.54, 1.807) is 30.3 Å². The zero-order valence-electron chi connectivity index (χ0n) is 32.4. The molecule has 58 heavy (non-hydrogen) atoms. The Kier molecular flexibility index (Phi) is 12.3. The van der Waals surface area contributed by atoms with Gasteiger partial charge < -0.3 is 30.3 Å². The summed E-state index contributed by atoms with van der Waals surface area (Å²) in [7, 11) is -4.41. The molecule has 7 rings (SSSR count). The van der Waals surface area contributed by atoms with Crippen LogP contribution in [0.1, 0.15) is 88.2 Å². The molecule has 17 heteroatoms. The maximum atomic E-state index is 14.5. The zero-order valence-corrected chi connectivity index (χ0v) is 33.2. The van der Waals surface area contributed by atoms with Crippen LogP contribution in [0.3, 0.4) is 0 Å². The van der Waals surface area contributed by atoms with Crippen LogP contribution >= 0.6 is 0 Å². The molecule has 1 saturated heterocycles. The van der Waals surface area contributed by atoms with E-state index in [1.807, 2.05) is 0 Å². The number of carbonyl (C=O) groups is 5. The molecule has 3 fully saturated rings. The highest BCUT2D eigenvalue weighted by Crippen LogP contribution is 2.45. The monoisotopic (exact) mass is 822 g/mol. The number of alkyl carbamates (subject to hydrolysis) is 1. The van der Waals surface area contributed by atoms with E-state index in [0.29, 0.717) is 36.2 Å². The summed E-state index contributed by atoms with van der Waals surface area (Å²) in [6.45, 7) is 4.22. The first-order chi connectivity index (χ1) is 27.9. The van der Waals surface area contributed by atoms with Crippen LogP contribution in [0.15, 0.2) is 60.0 Å². The van der Waals surface area contributed by atoms with Gasteiger partial charge in [0.25, 0.3) is 15.9 Å². The molecule has 5 atom stereocenters. The van der Waals surface area contributed by atoms with Crippen molar-refractivity contribution >= 4 is 45.6 Å². The first-order valence-corrected chi connectivity index (χ1v) is 21.7. The van der Waals surface area contributed by atoms with Crippen molar-refractivity contribution in [2.24, 2.45) is 5.92 Å². The summed E-state index contributed by atoms with van der Waals surface area (Å²) in [6.07, 6.45) is 5.67. The molecule has 2 aliphatic carbocycles. The fourth-order valence-corrected chi connectivity index (χ4v) is 9.47. The van der Waals surface area contributed by atoms with Crippen LogP contribution in [0, 0.1) is 11.7 Å². The fourth-order valence-electron chi connectivity index (χ4n) is 8.25. The van der Waals surface area contributed by atoms with Gasteiger partial charge in [0.1, 0.15) is 34.5 Å². The lowest BCUT2D eigenvalue weighted by Gasteiger charge is -2.29. The first kappa shape index (κ1) is 41.0. The van der Waals surface area contributed by atoms with Gasteiger partial charge in [0.05, 0.1) is 18.8 Å². The Morgan fingerprint density at radius 1 is 0.931 bits per heavy atom. The highest BCUT2D eigenvalue weighted by atomic mass is 32.2. The highest BCUT2D eigenvalue weighted by molar-refractivity contribution is 7.90. The number of nitrogens with zero attached hydrogens (tertiary/aromatic N) is 2. The molecular weight excluding hydrogens is 772 g/mol. The smallest absolute Gasteiger partial charge is 0.410 e. The maximum Gasteiger partial charge on any atom is 0.410 e. The molecule has 312 valence electrons. The molecule has 1 unspecified atom stereocenters. The molecule has 1 spiro atoms. The number of halogens is 1. The Morgan fingerprint density at radius 3 is 2.45 bits per heavy atom. The Labute approximate surface area is 337 Å². The van der Waals surface area contributed by atoms with Crippen molar-refractivity contribution in [2.75, 3.05) is 18.4 Å². The Hall–Kier alpha value is -5.19. The number of amides is 5. The predicted molar refractivity (Wildman–Crippen MR) is 209 cm³/mol. The number of para-hydroxylation sites is 1. The number of hydrogen-bond acceptors (Lipinski definition) is 10. The van der Waals surface area contributed by atoms with E-state index in [4.69, 9.17) is 9.47 Å². The third kappa shape index (κ3) is 9.08. The molecule has 0 bridgehead atoms. The minimum absolute atomic E-state index is 0.00551. The van der Waals surface area contributed by atoms with Gasteiger partial charge in [0, 0.05) is 43.5 Å². The third-order valence-corrected chi connectivity index (χ3v) is 13.3. The van der Waals surface area contributed by atoms with Gasteiger partial charge in [-0.3, -0.25) is 19.3 Å². The van der Waals surface area contributed by atoms with Crippen LogP contribution in [0.25, 0.3) is 0 Å². The van der Waals surface area contributed by atoms with Crippen molar-refractivity contribution in [3.8, 4) is 0 Å². The molecule has 2 saturated carbocycles. The molecule has 3 heterocycles. The van der Waals surface area contributed by atoms with Gasteiger partial charge in [-0.1, -0.05) is 56.0 Å². The number of anilines is 1. The largest absolute Gasteiger partial charge is 0.446 e. The number of carbonyl (C=O) groups excluding carboxylic acids is 5. The predicted octanol–water partition coefficient (Wildman–Crippen LogP) is 4.62. The van der Waals surface area contributed by atoms with E-state index in [0.717, 1.165) is 44.9 Å². The fraction of sp³-hybridized carbons (Fsp3) is 0.537. The number of sulfonamides is 1. The van der Waals surface area contributed by atoms with Crippen LogP contribution in [0.5, 0.6) is 0 Å².